The minimum atomic E-state index is -0.435. The van der Waals surface area contributed by atoms with Gasteiger partial charge in [0.2, 0.25) is 0 Å². The molecule has 0 saturated heterocycles. The molecule has 1 aliphatic rings. The summed E-state index contributed by atoms with van der Waals surface area (Å²) in [5.41, 5.74) is 3.64. The molecule has 0 spiro atoms. The van der Waals surface area contributed by atoms with E-state index >= 15 is 0 Å². The molecule has 0 aliphatic carbocycles. The average Bonchev–Trinajstić information content (AvgIpc) is 2.48. The van der Waals surface area contributed by atoms with Crippen LogP contribution in [0.25, 0.3) is 5.70 Å². The molecule has 2 aromatic carbocycles. The van der Waals surface area contributed by atoms with Crippen LogP contribution < -0.4 is 5.32 Å². The van der Waals surface area contributed by atoms with Gasteiger partial charge in [0, 0.05) is 5.70 Å². The van der Waals surface area contributed by atoms with Gasteiger partial charge in [-0.25, -0.2) is 4.99 Å². The number of aliphatic imine (C=N–C) groups is 1. The number of nitrogens with one attached hydrogen (secondary N) is 1. The molecule has 94 valence electrons. The quantitative estimate of drug-likeness (QED) is 0.653. The molecule has 19 heavy (non-hydrogen) atoms. The van der Waals surface area contributed by atoms with Crippen molar-refractivity contribution in [3.63, 3.8) is 0 Å². The standard InChI is InChI=1S/C16H13ClN2/c17-16-18-14(12-7-3-1-4-8-12)11-15(19-16)13-9-5-2-6-10-13/h1-11,16,18H. The van der Waals surface area contributed by atoms with Crippen LogP contribution in [0.3, 0.4) is 0 Å². The lowest BCUT2D eigenvalue weighted by atomic mass is 10.0. The number of allylic oxidation sites excluding steroid dienone is 1. The fourth-order valence-corrected chi connectivity index (χ4v) is 2.27. The molecule has 0 bridgehead atoms. The van der Waals surface area contributed by atoms with Gasteiger partial charge in [-0.2, -0.15) is 0 Å². The molecule has 1 atom stereocenters. The van der Waals surface area contributed by atoms with E-state index in [4.69, 9.17) is 11.6 Å². The van der Waals surface area contributed by atoms with Gasteiger partial charge in [0.15, 0.2) is 5.62 Å². The molecule has 0 radical (unpaired) electrons. The molecule has 0 saturated carbocycles. The van der Waals surface area contributed by atoms with E-state index in [2.05, 4.69) is 22.4 Å². The SMILES string of the molecule is ClC1N=C(c2ccccc2)C=C(c2ccccc2)N1. The zero-order chi connectivity index (χ0) is 13.1. The number of hydrogen-bond acceptors (Lipinski definition) is 2. The molecule has 2 aromatic rings. The van der Waals surface area contributed by atoms with Crippen molar-refractivity contribution in [3.8, 4) is 0 Å². The molecule has 0 amide bonds. The Bertz CT molecular complexity index is 618. The van der Waals surface area contributed by atoms with Crippen molar-refractivity contribution in [2.24, 2.45) is 4.99 Å². The maximum atomic E-state index is 6.17. The topological polar surface area (TPSA) is 24.4 Å². The van der Waals surface area contributed by atoms with Crippen LogP contribution in [0.4, 0.5) is 0 Å². The summed E-state index contributed by atoms with van der Waals surface area (Å²) in [6.07, 6.45) is 2.03. The predicted molar refractivity (Wildman–Crippen MR) is 80.2 cm³/mol. The Morgan fingerprint density at radius 2 is 1.42 bits per heavy atom. The monoisotopic (exact) mass is 268 g/mol. The molecule has 1 aliphatic heterocycles. The Balaban J connectivity index is 2.00. The first-order valence-electron chi connectivity index (χ1n) is 6.14. The number of rotatable bonds is 2. The van der Waals surface area contributed by atoms with Crippen LogP contribution in [0.5, 0.6) is 0 Å². The lowest BCUT2D eigenvalue weighted by Crippen LogP contribution is -2.26. The van der Waals surface area contributed by atoms with Gasteiger partial charge in [-0.1, -0.05) is 72.3 Å². The summed E-state index contributed by atoms with van der Waals surface area (Å²) in [6, 6.07) is 20.2. The lowest BCUT2D eigenvalue weighted by molar-refractivity contribution is 0.819. The van der Waals surface area contributed by atoms with E-state index in [1.807, 2.05) is 54.6 Å². The highest BCUT2D eigenvalue weighted by Crippen LogP contribution is 2.19. The first-order chi connectivity index (χ1) is 9.33. The van der Waals surface area contributed by atoms with Gasteiger partial charge in [0.1, 0.15) is 0 Å². The summed E-state index contributed by atoms with van der Waals surface area (Å²) in [7, 11) is 0. The van der Waals surface area contributed by atoms with Crippen LogP contribution >= 0.6 is 11.6 Å². The first-order valence-corrected chi connectivity index (χ1v) is 6.57. The number of halogens is 1. The summed E-state index contributed by atoms with van der Waals surface area (Å²) >= 11 is 6.17. The van der Waals surface area contributed by atoms with Gasteiger partial charge in [0.25, 0.3) is 0 Å². The van der Waals surface area contributed by atoms with Crippen molar-refractivity contribution in [2.75, 3.05) is 0 Å². The lowest BCUT2D eigenvalue weighted by Gasteiger charge is -2.20. The molecular weight excluding hydrogens is 256 g/mol. The van der Waals surface area contributed by atoms with Crippen molar-refractivity contribution < 1.29 is 0 Å². The van der Waals surface area contributed by atoms with E-state index in [0.29, 0.717) is 0 Å². The van der Waals surface area contributed by atoms with Crippen LogP contribution in [-0.4, -0.2) is 11.3 Å². The van der Waals surface area contributed by atoms with Crippen LogP contribution in [0.2, 0.25) is 0 Å². The molecule has 1 N–H and O–H groups in total. The minimum absolute atomic E-state index is 0.435. The van der Waals surface area contributed by atoms with Crippen LogP contribution in [-0.2, 0) is 0 Å². The van der Waals surface area contributed by atoms with Crippen molar-refractivity contribution in [2.45, 2.75) is 5.62 Å². The molecule has 3 rings (SSSR count). The smallest absolute Gasteiger partial charge is 0.196 e. The molecule has 1 heterocycles. The molecule has 1 unspecified atom stereocenters. The Kier molecular flexibility index (Phi) is 3.34. The third-order valence-corrected chi connectivity index (χ3v) is 3.17. The maximum absolute atomic E-state index is 6.17. The van der Waals surface area contributed by atoms with Crippen molar-refractivity contribution in [1.29, 1.82) is 0 Å². The summed E-state index contributed by atoms with van der Waals surface area (Å²) in [5, 5.41) is 3.17. The average molecular weight is 269 g/mol. The van der Waals surface area contributed by atoms with Crippen LogP contribution in [0.15, 0.2) is 71.7 Å². The zero-order valence-electron chi connectivity index (χ0n) is 10.3. The normalized spacial score (nSPS) is 18.3. The molecular formula is C16H13ClN2. The van der Waals surface area contributed by atoms with E-state index in [1.54, 1.807) is 0 Å². The van der Waals surface area contributed by atoms with E-state index in [1.165, 1.54) is 0 Å². The van der Waals surface area contributed by atoms with Gasteiger partial charge in [-0.15, -0.1) is 0 Å². The predicted octanol–water partition coefficient (Wildman–Crippen LogP) is 3.64. The highest BCUT2D eigenvalue weighted by molar-refractivity contribution is 6.24. The first kappa shape index (κ1) is 12.0. The van der Waals surface area contributed by atoms with E-state index in [-0.39, 0.29) is 0 Å². The zero-order valence-corrected chi connectivity index (χ0v) is 11.0. The Hall–Kier alpha value is -2.06. The van der Waals surface area contributed by atoms with E-state index < -0.39 is 5.62 Å². The fraction of sp³-hybridized carbons (Fsp3) is 0.0625. The van der Waals surface area contributed by atoms with Crippen molar-refractivity contribution in [3.05, 3.63) is 77.9 Å². The second-order valence-electron chi connectivity index (χ2n) is 4.28. The van der Waals surface area contributed by atoms with Crippen LogP contribution in [0.1, 0.15) is 11.1 Å². The van der Waals surface area contributed by atoms with Gasteiger partial charge in [-0.3, -0.25) is 0 Å². The van der Waals surface area contributed by atoms with E-state index in [9.17, 15) is 0 Å². The fourth-order valence-electron chi connectivity index (χ4n) is 2.05. The van der Waals surface area contributed by atoms with Gasteiger partial charge in [-0.05, 0) is 17.2 Å². The van der Waals surface area contributed by atoms with Gasteiger partial charge < -0.3 is 5.32 Å². The van der Waals surface area contributed by atoms with Gasteiger partial charge >= 0.3 is 0 Å². The van der Waals surface area contributed by atoms with Crippen molar-refractivity contribution in [1.82, 2.24) is 5.32 Å². The third kappa shape index (κ3) is 2.69. The molecule has 2 nitrogen and oxygen atoms in total. The summed E-state index contributed by atoms with van der Waals surface area (Å²) in [4.78, 5) is 4.42. The molecule has 3 heteroatoms. The Morgan fingerprint density at radius 1 is 0.842 bits per heavy atom. The summed E-state index contributed by atoms with van der Waals surface area (Å²) < 4.78 is 0. The molecule has 0 fully saturated rings. The number of benzene rings is 2. The third-order valence-electron chi connectivity index (χ3n) is 2.96. The Morgan fingerprint density at radius 3 is 2.05 bits per heavy atom. The summed E-state index contributed by atoms with van der Waals surface area (Å²) in [5.74, 6) is 0. The summed E-state index contributed by atoms with van der Waals surface area (Å²) in [6.45, 7) is 0. The van der Waals surface area contributed by atoms with E-state index in [0.717, 1.165) is 22.5 Å². The largest absolute Gasteiger partial charge is 0.351 e. The Labute approximate surface area is 117 Å². The highest BCUT2D eigenvalue weighted by atomic mass is 35.5. The minimum Gasteiger partial charge on any atom is -0.351 e. The molecule has 0 aromatic heterocycles. The van der Waals surface area contributed by atoms with Crippen molar-refractivity contribution >= 4 is 23.0 Å². The second-order valence-corrected chi connectivity index (χ2v) is 4.70. The van der Waals surface area contributed by atoms with Crippen LogP contribution in [0, 0.1) is 0 Å². The second kappa shape index (κ2) is 5.29. The van der Waals surface area contributed by atoms with Gasteiger partial charge in [0.05, 0.1) is 5.71 Å². The number of nitrogens with zero attached hydrogens (tertiary/aromatic N) is 1. The maximum Gasteiger partial charge on any atom is 0.196 e. The highest BCUT2D eigenvalue weighted by Gasteiger charge is 2.15. The number of hydrogen-bond donors (Lipinski definition) is 1. The number of alkyl halides is 1.